The van der Waals surface area contributed by atoms with E-state index in [-0.39, 0.29) is 0 Å². The molecule has 0 heterocycles. The summed E-state index contributed by atoms with van der Waals surface area (Å²) in [7, 11) is 2.12. The molecule has 13 heavy (non-hydrogen) atoms. The van der Waals surface area contributed by atoms with E-state index in [9.17, 15) is 0 Å². The molecule has 1 heteroatoms. The van der Waals surface area contributed by atoms with Gasteiger partial charge >= 0.3 is 0 Å². The van der Waals surface area contributed by atoms with Crippen molar-refractivity contribution in [3.8, 4) is 0 Å². The van der Waals surface area contributed by atoms with E-state index < -0.39 is 0 Å². The van der Waals surface area contributed by atoms with Gasteiger partial charge in [-0.05, 0) is 38.1 Å². The van der Waals surface area contributed by atoms with E-state index in [1.54, 1.807) is 0 Å². The second-order valence-electron chi connectivity index (χ2n) is 4.91. The fourth-order valence-corrected chi connectivity index (χ4v) is 2.48. The molecule has 1 saturated carbocycles. The predicted molar refractivity (Wildman–Crippen MR) is 58.9 cm³/mol. The van der Waals surface area contributed by atoms with E-state index in [0.717, 1.165) is 17.9 Å². The average Bonchev–Trinajstić information content (AvgIpc) is 2.15. The topological polar surface area (TPSA) is 12.0 Å². The summed E-state index contributed by atoms with van der Waals surface area (Å²) >= 11 is 0. The molecule has 0 aromatic carbocycles. The van der Waals surface area contributed by atoms with Crippen molar-refractivity contribution in [2.24, 2.45) is 11.8 Å². The van der Waals surface area contributed by atoms with Crippen LogP contribution in [0.1, 0.15) is 52.4 Å². The van der Waals surface area contributed by atoms with Gasteiger partial charge in [-0.1, -0.05) is 33.1 Å². The van der Waals surface area contributed by atoms with E-state index in [1.165, 1.54) is 38.5 Å². The first kappa shape index (κ1) is 11.0. The standard InChI is InChI=1S/C12H25N/c1-10(2)8-9-11-6-4-5-7-12(11)13-3/h10-13H,4-9H2,1-3H3. The van der Waals surface area contributed by atoms with E-state index in [4.69, 9.17) is 0 Å². The molecule has 0 aliphatic heterocycles. The minimum absolute atomic E-state index is 0.812. The molecule has 0 amide bonds. The zero-order valence-electron chi connectivity index (χ0n) is 9.47. The van der Waals surface area contributed by atoms with Crippen LogP contribution in [-0.2, 0) is 0 Å². The van der Waals surface area contributed by atoms with Gasteiger partial charge in [-0.15, -0.1) is 0 Å². The Kier molecular flexibility index (Phi) is 4.79. The number of rotatable bonds is 4. The Bertz CT molecular complexity index is 131. The molecule has 2 unspecified atom stereocenters. The van der Waals surface area contributed by atoms with Crippen LogP contribution in [-0.4, -0.2) is 13.1 Å². The lowest BCUT2D eigenvalue weighted by Gasteiger charge is -2.31. The van der Waals surface area contributed by atoms with Crippen molar-refractivity contribution in [3.63, 3.8) is 0 Å². The summed E-state index contributed by atoms with van der Waals surface area (Å²) in [5, 5.41) is 3.48. The molecule has 1 fully saturated rings. The van der Waals surface area contributed by atoms with Gasteiger partial charge < -0.3 is 5.32 Å². The Morgan fingerprint density at radius 1 is 1.23 bits per heavy atom. The lowest BCUT2D eigenvalue weighted by molar-refractivity contribution is 0.247. The van der Waals surface area contributed by atoms with Crippen LogP contribution in [0.3, 0.4) is 0 Å². The van der Waals surface area contributed by atoms with Gasteiger partial charge in [0.15, 0.2) is 0 Å². The van der Waals surface area contributed by atoms with Crippen LogP contribution in [0.25, 0.3) is 0 Å². The van der Waals surface area contributed by atoms with Crippen molar-refractivity contribution in [1.29, 1.82) is 0 Å². The second kappa shape index (κ2) is 5.64. The van der Waals surface area contributed by atoms with Gasteiger partial charge in [0.1, 0.15) is 0 Å². The highest BCUT2D eigenvalue weighted by atomic mass is 14.9. The fourth-order valence-electron chi connectivity index (χ4n) is 2.48. The van der Waals surface area contributed by atoms with E-state index >= 15 is 0 Å². The van der Waals surface area contributed by atoms with Crippen molar-refractivity contribution in [2.75, 3.05) is 7.05 Å². The van der Waals surface area contributed by atoms with Crippen molar-refractivity contribution in [2.45, 2.75) is 58.4 Å². The third kappa shape index (κ3) is 3.68. The third-order valence-electron chi connectivity index (χ3n) is 3.39. The van der Waals surface area contributed by atoms with Crippen LogP contribution in [0.2, 0.25) is 0 Å². The molecule has 1 rings (SSSR count). The summed E-state index contributed by atoms with van der Waals surface area (Å²) in [6.07, 6.45) is 8.59. The van der Waals surface area contributed by atoms with Crippen LogP contribution in [0.5, 0.6) is 0 Å². The van der Waals surface area contributed by atoms with Crippen LogP contribution in [0.4, 0.5) is 0 Å². The minimum Gasteiger partial charge on any atom is -0.317 e. The first-order valence-corrected chi connectivity index (χ1v) is 5.91. The molecule has 1 aliphatic rings. The van der Waals surface area contributed by atoms with Crippen LogP contribution >= 0.6 is 0 Å². The van der Waals surface area contributed by atoms with Crippen LogP contribution in [0.15, 0.2) is 0 Å². The zero-order chi connectivity index (χ0) is 9.68. The number of hydrogen-bond acceptors (Lipinski definition) is 1. The summed E-state index contributed by atoms with van der Waals surface area (Å²) in [6.45, 7) is 4.66. The Morgan fingerprint density at radius 3 is 2.54 bits per heavy atom. The number of nitrogens with one attached hydrogen (secondary N) is 1. The molecule has 1 nitrogen and oxygen atoms in total. The van der Waals surface area contributed by atoms with E-state index in [0.29, 0.717) is 0 Å². The zero-order valence-corrected chi connectivity index (χ0v) is 9.47. The molecular weight excluding hydrogens is 158 g/mol. The highest BCUT2D eigenvalue weighted by molar-refractivity contribution is 4.79. The first-order valence-electron chi connectivity index (χ1n) is 5.91. The number of hydrogen-bond donors (Lipinski definition) is 1. The summed E-state index contributed by atoms with van der Waals surface area (Å²) in [5.74, 6) is 1.83. The smallest absolute Gasteiger partial charge is 0.00923 e. The highest BCUT2D eigenvalue weighted by Crippen LogP contribution is 2.28. The molecule has 78 valence electrons. The van der Waals surface area contributed by atoms with Crippen LogP contribution in [0, 0.1) is 11.8 Å². The Labute approximate surface area is 83.3 Å². The van der Waals surface area contributed by atoms with Crippen molar-refractivity contribution < 1.29 is 0 Å². The molecule has 1 N–H and O–H groups in total. The highest BCUT2D eigenvalue weighted by Gasteiger charge is 2.23. The van der Waals surface area contributed by atoms with Gasteiger partial charge in [0, 0.05) is 6.04 Å². The largest absolute Gasteiger partial charge is 0.317 e. The van der Waals surface area contributed by atoms with Crippen molar-refractivity contribution in [3.05, 3.63) is 0 Å². The van der Waals surface area contributed by atoms with Gasteiger partial charge in [0.05, 0.1) is 0 Å². The van der Waals surface area contributed by atoms with Crippen molar-refractivity contribution in [1.82, 2.24) is 5.32 Å². The molecule has 1 aliphatic carbocycles. The Morgan fingerprint density at radius 2 is 1.92 bits per heavy atom. The Hall–Kier alpha value is -0.0400. The summed E-state index contributed by atoms with van der Waals surface area (Å²) in [4.78, 5) is 0. The average molecular weight is 183 g/mol. The quantitative estimate of drug-likeness (QED) is 0.706. The lowest BCUT2D eigenvalue weighted by Crippen LogP contribution is -2.36. The normalized spacial score (nSPS) is 29.5. The maximum Gasteiger partial charge on any atom is 0.00923 e. The van der Waals surface area contributed by atoms with E-state index in [1.807, 2.05) is 0 Å². The minimum atomic E-state index is 0.812. The summed E-state index contributed by atoms with van der Waals surface area (Å²) in [6, 6.07) is 0.812. The maximum atomic E-state index is 3.48. The SMILES string of the molecule is CNC1CCCCC1CCC(C)C. The molecule has 2 atom stereocenters. The lowest BCUT2D eigenvalue weighted by atomic mass is 9.81. The third-order valence-corrected chi connectivity index (χ3v) is 3.39. The van der Waals surface area contributed by atoms with Crippen LogP contribution < -0.4 is 5.32 Å². The second-order valence-corrected chi connectivity index (χ2v) is 4.91. The van der Waals surface area contributed by atoms with Gasteiger partial charge in [-0.2, -0.15) is 0 Å². The molecule has 0 aromatic heterocycles. The molecule has 0 radical (unpaired) electrons. The predicted octanol–water partition coefficient (Wildman–Crippen LogP) is 3.20. The monoisotopic (exact) mass is 183 g/mol. The molecule has 0 saturated heterocycles. The van der Waals surface area contributed by atoms with Gasteiger partial charge in [-0.3, -0.25) is 0 Å². The Balaban J connectivity index is 2.27. The van der Waals surface area contributed by atoms with Gasteiger partial charge in [-0.25, -0.2) is 0 Å². The maximum absolute atomic E-state index is 3.48. The molecule has 0 spiro atoms. The molecule has 0 bridgehead atoms. The molecular formula is C12H25N. The summed E-state index contributed by atoms with van der Waals surface area (Å²) in [5.41, 5.74) is 0. The molecule has 0 aromatic rings. The van der Waals surface area contributed by atoms with Crippen molar-refractivity contribution >= 4 is 0 Å². The van der Waals surface area contributed by atoms with Gasteiger partial charge in [0.25, 0.3) is 0 Å². The summed E-state index contributed by atoms with van der Waals surface area (Å²) < 4.78 is 0. The van der Waals surface area contributed by atoms with Gasteiger partial charge in [0.2, 0.25) is 0 Å². The fraction of sp³-hybridized carbons (Fsp3) is 1.00. The van der Waals surface area contributed by atoms with E-state index in [2.05, 4.69) is 26.2 Å². The first-order chi connectivity index (χ1) is 6.24.